The Bertz CT molecular complexity index is 1150. The molecule has 0 saturated carbocycles. The highest BCUT2D eigenvalue weighted by Gasteiger charge is 2.30. The van der Waals surface area contributed by atoms with Crippen LogP contribution in [0, 0.1) is 0 Å². The summed E-state index contributed by atoms with van der Waals surface area (Å²) in [6.45, 7) is 5.04. The van der Waals surface area contributed by atoms with Gasteiger partial charge in [0.2, 0.25) is 0 Å². The summed E-state index contributed by atoms with van der Waals surface area (Å²) in [6, 6.07) is 12.1. The molecule has 1 aliphatic rings. The molecule has 0 aliphatic carbocycles. The van der Waals surface area contributed by atoms with Crippen LogP contribution in [0.2, 0.25) is 0 Å². The fraction of sp³-hybridized carbons (Fsp3) is 0.227. The number of hydrogen-bond acceptors (Lipinski definition) is 4. The second kappa shape index (κ2) is 7.55. The molecule has 2 heterocycles. The van der Waals surface area contributed by atoms with E-state index in [0.717, 1.165) is 21.4 Å². The zero-order valence-corrected chi connectivity index (χ0v) is 16.8. The van der Waals surface area contributed by atoms with Crippen LogP contribution in [0.25, 0.3) is 22.2 Å². The third-order valence-electron chi connectivity index (χ3n) is 5.15. The van der Waals surface area contributed by atoms with Crippen LogP contribution in [-0.4, -0.2) is 35.6 Å². The first-order valence-electron chi connectivity index (χ1n) is 9.76. The molecule has 2 aromatic carbocycles. The van der Waals surface area contributed by atoms with E-state index in [0.29, 0.717) is 35.8 Å². The van der Waals surface area contributed by atoms with Crippen molar-refractivity contribution in [2.24, 2.45) is 5.73 Å². The molecule has 0 spiro atoms. The minimum absolute atomic E-state index is 0.0152. The van der Waals surface area contributed by atoms with Gasteiger partial charge in [0.05, 0.1) is 35.6 Å². The van der Waals surface area contributed by atoms with E-state index < -0.39 is 11.9 Å². The Morgan fingerprint density at radius 1 is 1.13 bits per heavy atom. The second-order valence-electron chi connectivity index (χ2n) is 6.88. The van der Waals surface area contributed by atoms with Crippen molar-refractivity contribution in [1.29, 1.82) is 0 Å². The summed E-state index contributed by atoms with van der Waals surface area (Å²) in [5.74, 6) is -0.116. The minimum atomic E-state index is -0.524. The van der Waals surface area contributed by atoms with Crippen LogP contribution in [0.15, 0.2) is 42.5 Å². The lowest BCUT2D eigenvalue weighted by molar-refractivity contribution is -0.115. The van der Waals surface area contributed by atoms with E-state index >= 15 is 0 Å². The molecule has 4 amide bonds. The van der Waals surface area contributed by atoms with Crippen molar-refractivity contribution in [3.8, 4) is 17.0 Å². The third-order valence-corrected chi connectivity index (χ3v) is 5.15. The summed E-state index contributed by atoms with van der Waals surface area (Å²) in [5.41, 5.74) is 8.96. The number of ether oxygens (including phenoxy) is 1. The van der Waals surface area contributed by atoms with Crippen LogP contribution in [0.5, 0.6) is 5.75 Å². The lowest BCUT2D eigenvalue weighted by Crippen LogP contribution is -2.30. The van der Waals surface area contributed by atoms with Gasteiger partial charge in [-0.2, -0.15) is 0 Å². The molecule has 154 valence electrons. The van der Waals surface area contributed by atoms with Gasteiger partial charge in [-0.05, 0) is 43.7 Å². The number of aromatic nitrogens is 1. The number of hydrogen-bond donors (Lipinski definition) is 2. The van der Waals surface area contributed by atoms with Gasteiger partial charge in [0.15, 0.2) is 0 Å². The largest absolute Gasteiger partial charge is 0.494 e. The Hall–Kier alpha value is -3.81. The normalized spacial score (nSPS) is 13.7. The number of nitrogens with zero attached hydrogens (tertiary/aromatic N) is 2. The van der Waals surface area contributed by atoms with Gasteiger partial charge in [-0.25, -0.2) is 9.69 Å². The van der Waals surface area contributed by atoms with E-state index in [-0.39, 0.29) is 12.5 Å². The Morgan fingerprint density at radius 3 is 2.43 bits per heavy atom. The number of nitrogens with one attached hydrogen (secondary N) is 1. The molecule has 8 heteroatoms. The summed E-state index contributed by atoms with van der Waals surface area (Å²) in [6.07, 6.45) is 0. The first kappa shape index (κ1) is 19.5. The Morgan fingerprint density at radius 2 is 1.87 bits per heavy atom. The van der Waals surface area contributed by atoms with E-state index in [9.17, 15) is 14.4 Å². The molecule has 0 unspecified atom stereocenters. The summed E-state index contributed by atoms with van der Waals surface area (Å²) in [5, 5.41) is 3.25. The summed E-state index contributed by atoms with van der Waals surface area (Å²) < 4.78 is 7.63. The number of carbonyl (C=O) groups is 3. The fourth-order valence-electron chi connectivity index (χ4n) is 3.92. The average molecular weight is 406 g/mol. The van der Waals surface area contributed by atoms with Gasteiger partial charge < -0.3 is 20.4 Å². The van der Waals surface area contributed by atoms with Crippen LogP contribution in [0.1, 0.15) is 24.2 Å². The highest BCUT2D eigenvalue weighted by atomic mass is 16.5. The van der Waals surface area contributed by atoms with Crippen LogP contribution in [-0.2, 0) is 11.3 Å². The lowest BCUT2D eigenvalue weighted by Gasteiger charge is -2.14. The van der Waals surface area contributed by atoms with Crippen molar-refractivity contribution < 1.29 is 19.1 Å². The summed E-state index contributed by atoms with van der Waals surface area (Å²) >= 11 is 0. The molecule has 1 saturated heterocycles. The van der Waals surface area contributed by atoms with Gasteiger partial charge in [-0.15, -0.1) is 0 Å². The number of fused-ring (bicyclic) bond motifs is 1. The quantitative estimate of drug-likeness (QED) is 0.614. The van der Waals surface area contributed by atoms with Crippen molar-refractivity contribution in [2.75, 3.05) is 18.1 Å². The van der Waals surface area contributed by atoms with Gasteiger partial charge in [-0.1, -0.05) is 12.1 Å². The SMILES string of the molecule is CCOc1ccc2c(C(N)=O)c(-c3ccc(N4C(=O)CNC4=O)cc3)n(CC)c2c1. The fourth-order valence-corrected chi connectivity index (χ4v) is 3.92. The third kappa shape index (κ3) is 3.06. The van der Waals surface area contributed by atoms with E-state index in [2.05, 4.69) is 5.32 Å². The number of anilines is 1. The number of imide groups is 1. The lowest BCUT2D eigenvalue weighted by atomic mass is 10.0. The van der Waals surface area contributed by atoms with E-state index in [1.165, 1.54) is 0 Å². The van der Waals surface area contributed by atoms with Gasteiger partial charge in [-0.3, -0.25) is 9.59 Å². The number of amides is 4. The molecular weight excluding hydrogens is 384 g/mol. The molecule has 3 N–H and O–H groups in total. The highest BCUT2D eigenvalue weighted by Crippen LogP contribution is 2.36. The number of carbonyl (C=O) groups excluding carboxylic acids is 3. The second-order valence-corrected chi connectivity index (χ2v) is 6.88. The monoisotopic (exact) mass is 406 g/mol. The zero-order chi connectivity index (χ0) is 21.4. The Kier molecular flexibility index (Phi) is 4.91. The number of nitrogens with two attached hydrogens (primary N) is 1. The summed E-state index contributed by atoms with van der Waals surface area (Å²) in [7, 11) is 0. The molecule has 1 aliphatic heterocycles. The molecule has 1 aromatic heterocycles. The molecule has 3 aromatic rings. The number of primary amides is 1. The predicted octanol–water partition coefficient (Wildman–Crippen LogP) is 2.88. The van der Waals surface area contributed by atoms with Crippen LogP contribution in [0.3, 0.4) is 0 Å². The van der Waals surface area contributed by atoms with E-state index in [1.807, 2.05) is 36.6 Å². The van der Waals surface area contributed by atoms with Gasteiger partial charge in [0.1, 0.15) is 5.75 Å². The molecule has 0 bridgehead atoms. The van der Waals surface area contributed by atoms with Crippen molar-refractivity contribution in [3.63, 3.8) is 0 Å². The maximum atomic E-state index is 12.4. The molecule has 1 fully saturated rings. The maximum Gasteiger partial charge on any atom is 0.329 e. The Balaban J connectivity index is 1.87. The zero-order valence-electron chi connectivity index (χ0n) is 16.8. The maximum absolute atomic E-state index is 12.4. The number of rotatable bonds is 6. The Labute approximate surface area is 173 Å². The highest BCUT2D eigenvalue weighted by molar-refractivity contribution is 6.20. The van der Waals surface area contributed by atoms with Crippen molar-refractivity contribution in [1.82, 2.24) is 9.88 Å². The van der Waals surface area contributed by atoms with E-state index in [4.69, 9.17) is 10.5 Å². The van der Waals surface area contributed by atoms with Gasteiger partial charge >= 0.3 is 6.03 Å². The smallest absolute Gasteiger partial charge is 0.329 e. The van der Waals surface area contributed by atoms with Crippen LogP contribution >= 0.6 is 0 Å². The van der Waals surface area contributed by atoms with Gasteiger partial charge in [0, 0.05) is 18.0 Å². The minimum Gasteiger partial charge on any atom is -0.494 e. The molecule has 4 rings (SSSR count). The standard InChI is InChI=1S/C22H22N4O4/c1-3-25-17-11-15(30-4-2)9-10-16(17)19(21(23)28)20(25)13-5-7-14(8-6-13)26-18(27)12-24-22(26)29/h5-11H,3-4,12H2,1-2H3,(H2,23,28)(H,24,29). The van der Waals surface area contributed by atoms with Gasteiger partial charge in [0.25, 0.3) is 11.8 Å². The van der Waals surface area contributed by atoms with Crippen molar-refractivity contribution >= 4 is 34.4 Å². The molecular formula is C22H22N4O4. The first-order chi connectivity index (χ1) is 14.5. The molecule has 30 heavy (non-hydrogen) atoms. The average Bonchev–Trinajstić information content (AvgIpc) is 3.24. The number of benzene rings is 2. The van der Waals surface area contributed by atoms with Crippen molar-refractivity contribution in [3.05, 3.63) is 48.0 Å². The van der Waals surface area contributed by atoms with E-state index in [1.54, 1.807) is 24.3 Å². The molecule has 0 radical (unpaired) electrons. The predicted molar refractivity (Wildman–Crippen MR) is 114 cm³/mol. The first-order valence-corrected chi connectivity index (χ1v) is 9.76. The molecule has 8 nitrogen and oxygen atoms in total. The topological polar surface area (TPSA) is 107 Å². The number of aryl methyl sites for hydroxylation is 1. The van der Waals surface area contributed by atoms with Crippen molar-refractivity contribution in [2.45, 2.75) is 20.4 Å². The van der Waals surface area contributed by atoms with Crippen LogP contribution < -0.4 is 20.7 Å². The molecule has 0 atom stereocenters. The van der Waals surface area contributed by atoms with Crippen LogP contribution in [0.4, 0.5) is 10.5 Å². The summed E-state index contributed by atoms with van der Waals surface area (Å²) in [4.78, 5) is 37.3. The number of urea groups is 1.